The van der Waals surface area contributed by atoms with Crippen LogP contribution >= 0.6 is 0 Å². The lowest BCUT2D eigenvalue weighted by Crippen LogP contribution is -2.37. The zero-order valence-corrected chi connectivity index (χ0v) is 19.1. The summed E-state index contributed by atoms with van der Waals surface area (Å²) in [5.41, 5.74) is 2.47. The van der Waals surface area contributed by atoms with Crippen molar-refractivity contribution < 1.29 is 18.6 Å². The average molecular weight is 471 g/mol. The third-order valence-corrected chi connectivity index (χ3v) is 6.35. The zero-order valence-electron chi connectivity index (χ0n) is 19.1. The molecule has 0 bridgehead atoms. The first-order chi connectivity index (χ1) is 16.6. The van der Waals surface area contributed by atoms with E-state index in [9.17, 15) is 13.9 Å². The van der Waals surface area contributed by atoms with Crippen molar-refractivity contribution in [3.63, 3.8) is 0 Å². The molecule has 4 heterocycles. The molecule has 3 aromatic rings. The number of aliphatic hydroxyl groups is 1. The van der Waals surface area contributed by atoms with E-state index in [0.29, 0.717) is 61.3 Å². The van der Waals surface area contributed by atoms with Crippen LogP contribution < -0.4 is 9.80 Å². The number of morpholine rings is 1. The van der Waals surface area contributed by atoms with E-state index >= 15 is 0 Å². The molecule has 34 heavy (non-hydrogen) atoms. The number of fused-ring (bicyclic) bond motifs is 2. The summed E-state index contributed by atoms with van der Waals surface area (Å²) < 4.78 is 36.2. The first-order valence-corrected chi connectivity index (χ1v) is 11.6. The number of anilines is 3. The van der Waals surface area contributed by atoms with Gasteiger partial charge in [0.15, 0.2) is 17.0 Å². The number of allylic oxidation sites excluding steroid dienone is 2. The molecule has 1 N–H and O–H groups in total. The minimum absolute atomic E-state index is 0.105. The Morgan fingerprint density at radius 2 is 1.94 bits per heavy atom. The molecule has 0 amide bonds. The van der Waals surface area contributed by atoms with Crippen LogP contribution in [0.25, 0.3) is 11.2 Å². The lowest BCUT2D eigenvalue weighted by molar-refractivity contribution is 0.122. The van der Waals surface area contributed by atoms with Crippen LogP contribution in [0.1, 0.15) is 31.4 Å². The number of aliphatic hydroxyl groups excluding tert-OH is 1. The number of rotatable bonds is 5. The number of benzene rings is 1. The van der Waals surface area contributed by atoms with Crippen molar-refractivity contribution in [3.05, 3.63) is 47.9 Å². The van der Waals surface area contributed by atoms with Crippen molar-refractivity contribution in [2.45, 2.75) is 38.7 Å². The van der Waals surface area contributed by atoms with Gasteiger partial charge in [-0.3, -0.25) is 4.90 Å². The van der Waals surface area contributed by atoms with Crippen LogP contribution in [0.2, 0.25) is 0 Å². The normalized spacial score (nSPS) is 18.0. The number of imidazole rings is 1. The Hall–Kier alpha value is -3.11. The molecule has 0 saturated carbocycles. The molecule has 0 spiro atoms. The molecule has 1 aromatic carbocycles. The molecule has 2 aromatic heterocycles. The Kier molecular flexibility index (Phi) is 6.42. The second-order valence-electron chi connectivity index (χ2n) is 8.59. The fraction of sp³-hybridized carbons (Fsp3) is 0.458. The summed E-state index contributed by atoms with van der Waals surface area (Å²) >= 11 is 0. The minimum atomic E-state index is -2.69. The van der Waals surface area contributed by atoms with Gasteiger partial charge in [0, 0.05) is 13.1 Å². The van der Waals surface area contributed by atoms with Crippen molar-refractivity contribution in [1.82, 2.24) is 19.5 Å². The van der Waals surface area contributed by atoms with Crippen molar-refractivity contribution >= 4 is 28.6 Å². The number of halogens is 2. The van der Waals surface area contributed by atoms with Crippen molar-refractivity contribution in [2.24, 2.45) is 0 Å². The van der Waals surface area contributed by atoms with Crippen LogP contribution in [-0.2, 0) is 11.2 Å². The van der Waals surface area contributed by atoms with Crippen LogP contribution in [0.15, 0.2) is 42.4 Å². The number of aromatic nitrogens is 4. The van der Waals surface area contributed by atoms with Crippen LogP contribution in [0.4, 0.5) is 26.2 Å². The second kappa shape index (κ2) is 9.63. The number of hydrogen-bond donors (Lipinski definition) is 1. The SMILES string of the molecule is CC(CO)n1cnc2c(N3C(C(F)F)=CCCCc4ccccc43)nc(N3CCOCC3)nc21. The molecular formula is C24H28F2N6O2. The van der Waals surface area contributed by atoms with Crippen LogP contribution in [-0.4, -0.2) is 64.0 Å². The molecule has 2 aliphatic rings. The Morgan fingerprint density at radius 1 is 1.15 bits per heavy atom. The summed E-state index contributed by atoms with van der Waals surface area (Å²) in [7, 11) is 0. The molecule has 10 heteroatoms. The zero-order chi connectivity index (χ0) is 23.7. The summed E-state index contributed by atoms with van der Waals surface area (Å²) in [6, 6.07) is 7.33. The first kappa shape index (κ1) is 22.7. The van der Waals surface area contributed by atoms with E-state index in [4.69, 9.17) is 14.7 Å². The summed E-state index contributed by atoms with van der Waals surface area (Å²) in [5, 5.41) is 9.78. The number of ether oxygens (including phenoxy) is 1. The van der Waals surface area contributed by atoms with Gasteiger partial charge in [0.1, 0.15) is 0 Å². The summed E-state index contributed by atoms with van der Waals surface area (Å²) in [6.07, 6.45) is 2.62. The highest BCUT2D eigenvalue weighted by Gasteiger charge is 2.31. The van der Waals surface area contributed by atoms with E-state index in [1.165, 1.54) is 0 Å². The van der Waals surface area contributed by atoms with Gasteiger partial charge in [0.2, 0.25) is 5.95 Å². The van der Waals surface area contributed by atoms with Gasteiger partial charge in [-0.05, 0) is 37.8 Å². The molecule has 1 atom stereocenters. The predicted octanol–water partition coefficient (Wildman–Crippen LogP) is 3.84. The summed E-state index contributed by atoms with van der Waals surface area (Å²) in [4.78, 5) is 17.7. The van der Waals surface area contributed by atoms with Gasteiger partial charge in [0.05, 0.1) is 43.6 Å². The molecule has 0 radical (unpaired) electrons. The largest absolute Gasteiger partial charge is 0.394 e. The fourth-order valence-electron chi connectivity index (χ4n) is 4.50. The Balaban J connectivity index is 1.78. The smallest absolute Gasteiger partial charge is 0.278 e. The lowest BCUT2D eigenvalue weighted by atomic mass is 10.0. The monoisotopic (exact) mass is 470 g/mol. The summed E-state index contributed by atoms with van der Waals surface area (Å²) in [5.74, 6) is 0.752. The molecule has 8 nitrogen and oxygen atoms in total. The summed E-state index contributed by atoms with van der Waals surface area (Å²) in [6.45, 7) is 4.03. The third-order valence-electron chi connectivity index (χ3n) is 6.35. The molecule has 180 valence electrons. The predicted molar refractivity (Wildman–Crippen MR) is 126 cm³/mol. The van der Waals surface area contributed by atoms with E-state index in [0.717, 1.165) is 18.4 Å². The highest BCUT2D eigenvalue weighted by molar-refractivity contribution is 5.90. The average Bonchev–Trinajstić information content (AvgIpc) is 3.28. The van der Waals surface area contributed by atoms with Gasteiger partial charge >= 0.3 is 0 Å². The van der Waals surface area contributed by atoms with Gasteiger partial charge in [-0.2, -0.15) is 9.97 Å². The molecule has 1 saturated heterocycles. The maximum atomic E-state index is 14.5. The van der Waals surface area contributed by atoms with Crippen LogP contribution in [0.5, 0.6) is 0 Å². The number of hydrogen-bond acceptors (Lipinski definition) is 7. The number of alkyl halides is 2. The van der Waals surface area contributed by atoms with E-state index in [1.807, 2.05) is 36.1 Å². The molecule has 2 aliphatic heterocycles. The number of nitrogens with zero attached hydrogens (tertiary/aromatic N) is 6. The third kappa shape index (κ3) is 4.12. The van der Waals surface area contributed by atoms with Gasteiger partial charge in [0.25, 0.3) is 6.43 Å². The van der Waals surface area contributed by atoms with E-state index < -0.39 is 6.43 Å². The maximum absolute atomic E-state index is 14.5. The van der Waals surface area contributed by atoms with Crippen molar-refractivity contribution in [2.75, 3.05) is 42.7 Å². The van der Waals surface area contributed by atoms with Gasteiger partial charge in [-0.1, -0.05) is 24.3 Å². The topological polar surface area (TPSA) is 79.5 Å². The lowest BCUT2D eigenvalue weighted by Gasteiger charge is -2.32. The van der Waals surface area contributed by atoms with E-state index in [2.05, 4.69) is 4.98 Å². The van der Waals surface area contributed by atoms with Crippen molar-refractivity contribution in [3.8, 4) is 0 Å². The van der Waals surface area contributed by atoms with Crippen LogP contribution in [0.3, 0.4) is 0 Å². The van der Waals surface area contributed by atoms with Crippen molar-refractivity contribution in [1.29, 1.82) is 0 Å². The Bertz CT molecular complexity index is 1190. The molecule has 1 unspecified atom stereocenters. The highest BCUT2D eigenvalue weighted by atomic mass is 19.3. The van der Waals surface area contributed by atoms with Crippen LogP contribution in [0, 0.1) is 0 Å². The Morgan fingerprint density at radius 3 is 2.71 bits per heavy atom. The molecule has 1 fully saturated rings. The van der Waals surface area contributed by atoms with Gasteiger partial charge in [-0.15, -0.1) is 0 Å². The molecular weight excluding hydrogens is 442 g/mol. The van der Waals surface area contributed by atoms with Gasteiger partial charge in [-0.25, -0.2) is 13.8 Å². The number of aryl methyl sites for hydroxylation is 1. The molecule has 0 aliphatic carbocycles. The van der Waals surface area contributed by atoms with Gasteiger partial charge < -0.3 is 19.3 Å². The fourth-order valence-corrected chi connectivity index (χ4v) is 4.50. The number of para-hydroxylation sites is 1. The minimum Gasteiger partial charge on any atom is -0.394 e. The molecule has 5 rings (SSSR count). The Labute approximate surface area is 196 Å². The standard InChI is InChI=1S/C24H28F2N6O2/c1-16(14-33)31-15-27-20-22(31)28-24(30-10-12-34-13-11-30)29-23(20)32-18-8-4-2-6-17(18)7-3-5-9-19(32)21(25)26/h2,4,6,8-9,15-16,21,33H,3,5,7,10-14H2,1H3. The quantitative estimate of drug-likeness (QED) is 0.607. The first-order valence-electron chi connectivity index (χ1n) is 11.6. The maximum Gasteiger partial charge on any atom is 0.278 e. The second-order valence-corrected chi connectivity index (χ2v) is 8.59. The van der Waals surface area contributed by atoms with E-state index in [1.54, 1.807) is 21.9 Å². The highest BCUT2D eigenvalue weighted by Crippen LogP contribution is 2.40. The van der Waals surface area contributed by atoms with E-state index in [-0.39, 0.29) is 18.3 Å².